The van der Waals surface area contributed by atoms with E-state index in [4.69, 9.17) is 14.2 Å². The molecule has 0 radical (unpaired) electrons. The normalized spacial score (nSPS) is 12.4. The maximum absolute atomic E-state index is 12.8. The van der Waals surface area contributed by atoms with E-state index in [1.807, 2.05) is 0 Å². The first-order valence-corrected chi connectivity index (χ1v) is 25.7. The van der Waals surface area contributed by atoms with Crippen LogP contribution in [0.1, 0.15) is 226 Å². The van der Waals surface area contributed by atoms with Gasteiger partial charge in [0.15, 0.2) is 6.10 Å². The van der Waals surface area contributed by atoms with E-state index in [1.165, 1.54) is 51.4 Å². The number of esters is 3. The van der Waals surface area contributed by atoms with Gasteiger partial charge in [0.1, 0.15) is 13.2 Å². The zero-order valence-electron chi connectivity index (χ0n) is 40.8. The van der Waals surface area contributed by atoms with Crippen LogP contribution in [0.15, 0.2) is 97.2 Å². The Kier molecular flexibility index (Phi) is 48.0. The summed E-state index contributed by atoms with van der Waals surface area (Å²) < 4.78 is 16.8. The fourth-order valence-electron chi connectivity index (χ4n) is 6.78. The van der Waals surface area contributed by atoms with Crippen molar-refractivity contribution in [2.75, 3.05) is 13.2 Å². The van der Waals surface area contributed by atoms with Crippen molar-refractivity contribution in [1.29, 1.82) is 0 Å². The quantitative estimate of drug-likeness (QED) is 0.0262. The second-order valence-electron chi connectivity index (χ2n) is 16.7. The molecule has 0 atom stereocenters. The summed E-state index contributed by atoms with van der Waals surface area (Å²) in [7, 11) is 0. The maximum atomic E-state index is 12.8. The molecular weight excluding hydrogens is 781 g/mol. The van der Waals surface area contributed by atoms with Gasteiger partial charge in [-0.1, -0.05) is 208 Å². The second kappa shape index (κ2) is 51.0. The number of rotatable bonds is 45. The summed E-state index contributed by atoms with van der Waals surface area (Å²) in [6, 6.07) is 0. The fourth-order valence-corrected chi connectivity index (χ4v) is 6.78. The molecule has 0 unspecified atom stereocenters. The highest BCUT2D eigenvalue weighted by atomic mass is 16.6. The van der Waals surface area contributed by atoms with Crippen molar-refractivity contribution >= 4 is 17.9 Å². The minimum atomic E-state index is -0.796. The van der Waals surface area contributed by atoms with Crippen LogP contribution in [0, 0.1) is 0 Å². The molecule has 358 valence electrons. The second-order valence-corrected chi connectivity index (χ2v) is 16.7. The molecule has 63 heavy (non-hydrogen) atoms. The largest absolute Gasteiger partial charge is 0.462 e. The number of ether oxygens (including phenoxy) is 3. The topological polar surface area (TPSA) is 78.9 Å². The van der Waals surface area contributed by atoms with Crippen molar-refractivity contribution in [1.82, 2.24) is 0 Å². The summed E-state index contributed by atoms with van der Waals surface area (Å²) in [4.78, 5) is 38.0. The minimum absolute atomic E-state index is 0.0980. The highest BCUT2D eigenvalue weighted by Crippen LogP contribution is 2.14. The molecular formula is C57H94O6. The van der Waals surface area contributed by atoms with E-state index in [1.54, 1.807) is 0 Å². The standard InChI is InChI=1S/C57H94O6/c1-4-7-10-13-16-19-22-24-26-28-30-32-35-37-40-43-46-49-55(58)61-52-54(63-57(60)51-48-45-42-39-34-21-18-15-12-9-6-3)53-62-56(59)50-47-44-41-38-36-33-31-29-27-25-23-20-17-14-11-8-5-2/h7-8,10-11,16-17,19-20,24-27,30-33,54H,4-6,9,12-15,18,21-23,28-29,34-53H2,1-3H3/b10-7-,11-8-,19-16-,20-17-,26-24-,27-25-,32-30-,33-31-. The molecule has 0 amide bonds. The third-order valence-electron chi connectivity index (χ3n) is 10.6. The third kappa shape index (κ3) is 49.2. The van der Waals surface area contributed by atoms with Crippen LogP contribution in [0.2, 0.25) is 0 Å². The molecule has 6 nitrogen and oxygen atoms in total. The van der Waals surface area contributed by atoms with Gasteiger partial charge in [0.2, 0.25) is 0 Å². The van der Waals surface area contributed by atoms with Gasteiger partial charge in [0, 0.05) is 19.3 Å². The highest BCUT2D eigenvalue weighted by molar-refractivity contribution is 5.71. The maximum Gasteiger partial charge on any atom is 0.306 e. The van der Waals surface area contributed by atoms with Crippen LogP contribution in [-0.2, 0) is 28.6 Å². The predicted octanol–water partition coefficient (Wildman–Crippen LogP) is 17.0. The van der Waals surface area contributed by atoms with Gasteiger partial charge in [0.05, 0.1) is 0 Å². The Morgan fingerprint density at radius 2 is 0.619 bits per heavy atom. The lowest BCUT2D eigenvalue weighted by atomic mass is 10.1. The van der Waals surface area contributed by atoms with Gasteiger partial charge in [-0.2, -0.15) is 0 Å². The van der Waals surface area contributed by atoms with Gasteiger partial charge >= 0.3 is 17.9 Å². The summed E-state index contributed by atoms with van der Waals surface area (Å²) >= 11 is 0. The molecule has 0 fully saturated rings. The molecule has 0 aromatic heterocycles. The molecule has 0 aliphatic heterocycles. The lowest BCUT2D eigenvalue weighted by molar-refractivity contribution is -0.167. The van der Waals surface area contributed by atoms with E-state index in [2.05, 4.69) is 118 Å². The minimum Gasteiger partial charge on any atom is -0.462 e. The van der Waals surface area contributed by atoms with Crippen LogP contribution >= 0.6 is 0 Å². The Hall–Kier alpha value is -3.67. The van der Waals surface area contributed by atoms with Crippen molar-refractivity contribution in [2.45, 2.75) is 232 Å². The van der Waals surface area contributed by atoms with Gasteiger partial charge < -0.3 is 14.2 Å². The first kappa shape index (κ1) is 59.3. The van der Waals surface area contributed by atoms with Crippen molar-refractivity contribution in [3.8, 4) is 0 Å². The summed E-state index contributed by atoms with van der Waals surface area (Å²) in [5.41, 5.74) is 0. The highest BCUT2D eigenvalue weighted by Gasteiger charge is 2.19. The first-order chi connectivity index (χ1) is 31.0. The van der Waals surface area contributed by atoms with Gasteiger partial charge in [-0.3, -0.25) is 14.4 Å². The Balaban J connectivity index is 4.45. The molecule has 0 aliphatic carbocycles. The summed E-state index contributed by atoms with van der Waals surface area (Å²) in [5.74, 6) is -0.946. The molecule has 0 spiro atoms. The Bertz CT molecular complexity index is 1200. The van der Waals surface area contributed by atoms with Gasteiger partial charge in [-0.05, 0) is 96.3 Å². The molecule has 0 saturated heterocycles. The van der Waals surface area contributed by atoms with Gasteiger partial charge in [-0.25, -0.2) is 0 Å². The monoisotopic (exact) mass is 875 g/mol. The Labute approximate surface area is 387 Å². The van der Waals surface area contributed by atoms with Crippen LogP contribution in [0.4, 0.5) is 0 Å². The summed E-state index contributed by atoms with van der Waals surface area (Å²) in [6.07, 6.45) is 66.7. The average Bonchev–Trinajstić information content (AvgIpc) is 3.28. The first-order valence-electron chi connectivity index (χ1n) is 25.7. The average molecular weight is 875 g/mol. The molecule has 6 heteroatoms. The van der Waals surface area contributed by atoms with E-state index < -0.39 is 6.10 Å². The summed E-state index contributed by atoms with van der Waals surface area (Å²) in [6.45, 7) is 6.35. The molecule has 0 rings (SSSR count). The van der Waals surface area contributed by atoms with E-state index in [0.29, 0.717) is 19.3 Å². The fraction of sp³-hybridized carbons (Fsp3) is 0.667. The van der Waals surface area contributed by atoms with Gasteiger partial charge in [0.25, 0.3) is 0 Å². The molecule has 0 heterocycles. The van der Waals surface area contributed by atoms with E-state index in [-0.39, 0.29) is 31.1 Å². The van der Waals surface area contributed by atoms with Crippen LogP contribution in [0.25, 0.3) is 0 Å². The molecule has 0 aromatic rings. The molecule has 0 saturated carbocycles. The molecule has 0 aliphatic rings. The van der Waals surface area contributed by atoms with E-state index in [0.717, 1.165) is 135 Å². The lowest BCUT2D eigenvalue weighted by Crippen LogP contribution is -2.30. The van der Waals surface area contributed by atoms with Crippen LogP contribution in [0.5, 0.6) is 0 Å². The SMILES string of the molecule is CC/C=C\C/C=C\C/C=C\C/C=C\CCCCCCC(=O)OCC(COC(=O)CCCCCC/C=C\C/C=C\C/C=C\C/C=C\CC)OC(=O)CCCCCCCCCCCCC. The smallest absolute Gasteiger partial charge is 0.306 e. The number of hydrogen-bond acceptors (Lipinski definition) is 6. The molecule has 0 bridgehead atoms. The van der Waals surface area contributed by atoms with Crippen LogP contribution in [0.3, 0.4) is 0 Å². The van der Waals surface area contributed by atoms with Crippen LogP contribution in [-0.4, -0.2) is 37.2 Å². The van der Waals surface area contributed by atoms with E-state index >= 15 is 0 Å². The molecule has 0 aromatic carbocycles. The van der Waals surface area contributed by atoms with Crippen LogP contribution < -0.4 is 0 Å². The molecule has 0 N–H and O–H groups in total. The number of allylic oxidation sites excluding steroid dienone is 16. The predicted molar refractivity (Wildman–Crippen MR) is 270 cm³/mol. The van der Waals surface area contributed by atoms with Crippen molar-refractivity contribution in [2.24, 2.45) is 0 Å². The number of carbonyl (C=O) groups is 3. The zero-order valence-corrected chi connectivity index (χ0v) is 40.8. The lowest BCUT2D eigenvalue weighted by Gasteiger charge is -2.18. The Morgan fingerprint density at radius 3 is 0.968 bits per heavy atom. The third-order valence-corrected chi connectivity index (χ3v) is 10.6. The number of unbranched alkanes of at least 4 members (excludes halogenated alkanes) is 18. The van der Waals surface area contributed by atoms with E-state index in [9.17, 15) is 14.4 Å². The summed E-state index contributed by atoms with van der Waals surface area (Å²) in [5, 5.41) is 0. The van der Waals surface area contributed by atoms with Crippen molar-refractivity contribution in [3.05, 3.63) is 97.2 Å². The van der Waals surface area contributed by atoms with Gasteiger partial charge in [-0.15, -0.1) is 0 Å². The number of hydrogen-bond donors (Lipinski definition) is 0. The van der Waals surface area contributed by atoms with Crippen molar-refractivity contribution < 1.29 is 28.6 Å². The van der Waals surface area contributed by atoms with Crippen molar-refractivity contribution in [3.63, 3.8) is 0 Å². The Morgan fingerprint density at radius 1 is 0.333 bits per heavy atom. The zero-order chi connectivity index (χ0) is 45.8. The number of carbonyl (C=O) groups excluding carboxylic acids is 3.